The van der Waals surface area contributed by atoms with Crippen LogP contribution in [0.3, 0.4) is 0 Å². The van der Waals surface area contributed by atoms with Gasteiger partial charge in [0.05, 0.1) is 6.10 Å². The molecule has 0 spiro atoms. The number of pyridine rings is 1. The molecule has 0 fully saturated rings. The molecule has 1 amide bonds. The fourth-order valence-corrected chi connectivity index (χ4v) is 1.97. The highest BCUT2D eigenvalue weighted by atomic mass is 35.5. The van der Waals surface area contributed by atoms with E-state index in [1.807, 2.05) is 13.8 Å². The van der Waals surface area contributed by atoms with Crippen molar-refractivity contribution < 1.29 is 9.90 Å². The van der Waals surface area contributed by atoms with Crippen LogP contribution in [-0.2, 0) is 0 Å². The summed E-state index contributed by atoms with van der Waals surface area (Å²) in [5.41, 5.74) is 0.137. The molecule has 1 atom stereocenters. The number of halogens is 1. The Labute approximate surface area is 112 Å². The van der Waals surface area contributed by atoms with Gasteiger partial charge in [-0.1, -0.05) is 25.4 Å². The number of nitrogens with zero attached hydrogens (tertiary/aromatic N) is 1. The molecule has 0 aliphatic rings. The molecule has 4 nitrogen and oxygen atoms in total. The van der Waals surface area contributed by atoms with E-state index in [9.17, 15) is 9.90 Å². The van der Waals surface area contributed by atoms with Gasteiger partial charge in [0.25, 0.3) is 5.91 Å². The smallest absolute Gasteiger partial charge is 0.269 e. The van der Waals surface area contributed by atoms with E-state index < -0.39 is 0 Å². The molecule has 18 heavy (non-hydrogen) atoms. The van der Waals surface area contributed by atoms with Gasteiger partial charge in [-0.05, 0) is 30.9 Å². The first kappa shape index (κ1) is 14.9. The van der Waals surface area contributed by atoms with E-state index in [-0.39, 0.29) is 17.4 Å². The van der Waals surface area contributed by atoms with Crippen LogP contribution in [0.25, 0.3) is 0 Å². The van der Waals surface area contributed by atoms with Gasteiger partial charge in [-0.25, -0.2) is 0 Å². The molecule has 1 unspecified atom stereocenters. The van der Waals surface area contributed by atoms with Crippen molar-refractivity contribution in [2.45, 2.75) is 33.3 Å². The predicted octanol–water partition coefficient (Wildman–Crippen LogP) is 2.26. The molecule has 0 aliphatic carbocycles. The Kier molecular flexibility index (Phi) is 5.11. The van der Waals surface area contributed by atoms with Crippen LogP contribution in [0.15, 0.2) is 18.3 Å². The quantitative estimate of drug-likeness (QED) is 0.863. The number of aliphatic hydroxyl groups excluding tert-OH is 1. The molecule has 0 saturated carbocycles. The number of hydrogen-bond acceptors (Lipinski definition) is 3. The van der Waals surface area contributed by atoms with E-state index in [2.05, 4.69) is 10.3 Å². The third-order valence-electron chi connectivity index (χ3n) is 2.53. The molecule has 1 heterocycles. The summed E-state index contributed by atoms with van der Waals surface area (Å²) in [6.45, 7) is 6.20. The Hall–Kier alpha value is -1.13. The van der Waals surface area contributed by atoms with Crippen molar-refractivity contribution in [2.75, 3.05) is 6.54 Å². The topological polar surface area (TPSA) is 62.2 Å². The monoisotopic (exact) mass is 270 g/mol. The molecular formula is C13H19ClN2O2. The maximum atomic E-state index is 11.8. The summed E-state index contributed by atoms with van der Waals surface area (Å²) >= 11 is 5.79. The third kappa shape index (κ3) is 5.02. The van der Waals surface area contributed by atoms with E-state index in [0.717, 1.165) is 0 Å². The molecule has 0 bridgehead atoms. The van der Waals surface area contributed by atoms with Crippen molar-refractivity contribution in [3.63, 3.8) is 0 Å². The lowest BCUT2D eigenvalue weighted by molar-refractivity contribution is 0.0897. The van der Waals surface area contributed by atoms with Crippen LogP contribution >= 0.6 is 11.6 Å². The molecule has 100 valence electrons. The first-order valence-electron chi connectivity index (χ1n) is 5.88. The van der Waals surface area contributed by atoms with Crippen LogP contribution in [0.2, 0.25) is 5.02 Å². The molecule has 1 aromatic rings. The van der Waals surface area contributed by atoms with Gasteiger partial charge in [-0.15, -0.1) is 0 Å². The van der Waals surface area contributed by atoms with Crippen LogP contribution < -0.4 is 5.32 Å². The largest absolute Gasteiger partial charge is 0.393 e. The zero-order chi connectivity index (χ0) is 13.8. The molecule has 1 aromatic heterocycles. The van der Waals surface area contributed by atoms with Crippen molar-refractivity contribution in [1.29, 1.82) is 0 Å². The Morgan fingerprint density at radius 2 is 2.28 bits per heavy atom. The lowest BCUT2D eigenvalue weighted by atomic mass is 9.87. The van der Waals surface area contributed by atoms with Crippen LogP contribution in [0.1, 0.15) is 37.7 Å². The Bertz CT molecular complexity index is 419. The SMILES string of the molecule is CC(O)CC(C)(C)CNC(=O)c1cc(Cl)ccn1. The van der Waals surface area contributed by atoms with Crippen molar-refractivity contribution in [3.8, 4) is 0 Å². The number of carbonyl (C=O) groups is 1. The zero-order valence-corrected chi connectivity index (χ0v) is 11.7. The van der Waals surface area contributed by atoms with E-state index in [1.165, 1.54) is 12.3 Å². The standard InChI is InChI=1S/C13H19ClN2O2/c1-9(17)7-13(2,3)8-16-12(18)11-6-10(14)4-5-15-11/h4-6,9,17H,7-8H2,1-3H3,(H,16,18). The number of rotatable bonds is 5. The molecular weight excluding hydrogens is 252 g/mol. The van der Waals surface area contributed by atoms with Crippen molar-refractivity contribution in [1.82, 2.24) is 10.3 Å². The van der Waals surface area contributed by atoms with Gasteiger partial charge >= 0.3 is 0 Å². The number of aromatic nitrogens is 1. The summed E-state index contributed by atoms with van der Waals surface area (Å²) in [6.07, 6.45) is 1.73. The number of aliphatic hydroxyl groups is 1. The molecule has 2 N–H and O–H groups in total. The Balaban J connectivity index is 2.56. The second-order valence-corrected chi connectivity index (χ2v) is 5.70. The highest BCUT2D eigenvalue weighted by Gasteiger charge is 2.21. The lowest BCUT2D eigenvalue weighted by Gasteiger charge is -2.26. The minimum absolute atomic E-state index is 0.164. The normalized spacial score (nSPS) is 13.2. The van der Waals surface area contributed by atoms with Crippen molar-refractivity contribution in [2.24, 2.45) is 5.41 Å². The fraction of sp³-hybridized carbons (Fsp3) is 0.538. The molecule has 0 saturated heterocycles. The molecule has 0 aliphatic heterocycles. The number of amides is 1. The third-order valence-corrected chi connectivity index (χ3v) is 2.77. The highest BCUT2D eigenvalue weighted by molar-refractivity contribution is 6.30. The lowest BCUT2D eigenvalue weighted by Crippen LogP contribution is -2.36. The zero-order valence-electron chi connectivity index (χ0n) is 10.9. The van der Waals surface area contributed by atoms with Crippen LogP contribution in [-0.4, -0.2) is 28.6 Å². The highest BCUT2D eigenvalue weighted by Crippen LogP contribution is 2.21. The number of carbonyl (C=O) groups excluding carboxylic acids is 1. The summed E-state index contributed by atoms with van der Waals surface area (Å²) in [5.74, 6) is -0.254. The summed E-state index contributed by atoms with van der Waals surface area (Å²) in [6, 6.07) is 3.15. The van der Waals surface area contributed by atoms with Gasteiger partial charge in [-0.2, -0.15) is 0 Å². The average Bonchev–Trinajstić information content (AvgIpc) is 2.24. The maximum absolute atomic E-state index is 11.8. The van der Waals surface area contributed by atoms with E-state index in [4.69, 9.17) is 11.6 Å². The minimum Gasteiger partial charge on any atom is -0.393 e. The van der Waals surface area contributed by atoms with Gasteiger partial charge in [0.2, 0.25) is 0 Å². The predicted molar refractivity (Wildman–Crippen MR) is 71.7 cm³/mol. The number of hydrogen-bond donors (Lipinski definition) is 2. The first-order valence-corrected chi connectivity index (χ1v) is 6.26. The Morgan fingerprint density at radius 3 is 2.83 bits per heavy atom. The van der Waals surface area contributed by atoms with Gasteiger partial charge in [0.15, 0.2) is 0 Å². The summed E-state index contributed by atoms with van der Waals surface area (Å²) in [7, 11) is 0. The van der Waals surface area contributed by atoms with Crippen molar-refractivity contribution >= 4 is 17.5 Å². The fourth-order valence-electron chi connectivity index (χ4n) is 1.81. The summed E-state index contributed by atoms with van der Waals surface area (Å²) < 4.78 is 0. The molecule has 0 aromatic carbocycles. The average molecular weight is 271 g/mol. The second-order valence-electron chi connectivity index (χ2n) is 5.26. The minimum atomic E-state index is -0.388. The summed E-state index contributed by atoms with van der Waals surface area (Å²) in [5, 5.41) is 12.6. The molecule has 5 heteroatoms. The van der Waals surface area contributed by atoms with Gasteiger partial charge in [0.1, 0.15) is 5.69 Å². The van der Waals surface area contributed by atoms with Crippen LogP contribution in [0.5, 0.6) is 0 Å². The van der Waals surface area contributed by atoms with E-state index >= 15 is 0 Å². The number of nitrogens with one attached hydrogen (secondary N) is 1. The molecule has 1 rings (SSSR count). The first-order chi connectivity index (χ1) is 8.30. The summed E-state index contributed by atoms with van der Waals surface area (Å²) in [4.78, 5) is 15.8. The van der Waals surface area contributed by atoms with E-state index in [1.54, 1.807) is 13.0 Å². The van der Waals surface area contributed by atoms with Crippen LogP contribution in [0, 0.1) is 5.41 Å². The Morgan fingerprint density at radius 1 is 1.61 bits per heavy atom. The molecule has 0 radical (unpaired) electrons. The maximum Gasteiger partial charge on any atom is 0.269 e. The van der Waals surface area contributed by atoms with Gasteiger partial charge < -0.3 is 10.4 Å². The van der Waals surface area contributed by atoms with Gasteiger partial charge in [-0.3, -0.25) is 9.78 Å². The van der Waals surface area contributed by atoms with E-state index in [0.29, 0.717) is 23.7 Å². The van der Waals surface area contributed by atoms with Crippen LogP contribution in [0.4, 0.5) is 0 Å². The van der Waals surface area contributed by atoms with Gasteiger partial charge in [0, 0.05) is 17.8 Å². The van der Waals surface area contributed by atoms with Crippen molar-refractivity contribution in [3.05, 3.63) is 29.0 Å². The second kappa shape index (κ2) is 6.16.